The zero-order valence-electron chi connectivity index (χ0n) is 15.3. The van der Waals surface area contributed by atoms with Crippen LogP contribution in [0.3, 0.4) is 0 Å². The van der Waals surface area contributed by atoms with Crippen LogP contribution in [-0.2, 0) is 0 Å². The van der Waals surface area contributed by atoms with E-state index in [4.69, 9.17) is 0 Å². The topological polar surface area (TPSA) is 3.24 Å². The molecule has 124 valence electrons. The molecule has 0 bridgehead atoms. The molecule has 2 fully saturated rings. The Kier molecular flexibility index (Phi) is 6.17. The van der Waals surface area contributed by atoms with Crippen LogP contribution in [0.15, 0.2) is 0 Å². The molecule has 1 heteroatoms. The van der Waals surface area contributed by atoms with Gasteiger partial charge in [-0.25, -0.2) is 0 Å². The van der Waals surface area contributed by atoms with E-state index >= 15 is 0 Å². The fraction of sp³-hybridized carbons (Fsp3) is 1.00. The molecule has 0 aromatic carbocycles. The van der Waals surface area contributed by atoms with Crippen molar-refractivity contribution in [2.24, 2.45) is 29.1 Å². The minimum absolute atomic E-state index is 0.528. The van der Waals surface area contributed by atoms with E-state index in [2.05, 4.69) is 39.5 Å². The number of hydrogen-bond donors (Lipinski definition) is 0. The molecule has 0 N–H and O–H groups in total. The van der Waals surface area contributed by atoms with Gasteiger partial charge in [-0.05, 0) is 67.7 Å². The number of nitrogens with zero attached hydrogens (tertiary/aromatic N) is 1. The Labute approximate surface area is 133 Å². The Morgan fingerprint density at radius 3 is 2.29 bits per heavy atom. The third-order valence-electron chi connectivity index (χ3n) is 6.12. The lowest BCUT2D eigenvalue weighted by molar-refractivity contribution is 0.122. The molecule has 1 saturated carbocycles. The highest BCUT2D eigenvalue weighted by Gasteiger charge is 2.30. The Morgan fingerprint density at radius 1 is 1.05 bits per heavy atom. The fourth-order valence-corrected chi connectivity index (χ4v) is 4.80. The molecule has 1 heterocycles. The molecule has 0 amide bonds. The van der Waals surface area contributed by atoms with Crippen molar-refractivity contribution in [2.45, 2.75) is 79.6 Å². The highest BCUT2D eigenvalue weighted by atomic mass is 15.1. The van der Waals surface area contributed by atoms with Gasteiger partial charge in [-0.3, -0.25) is 0 Å². The molecule has 1 nitrogen and oxygen atoms in total. The maximum atomic E-state index is 2.74. The third kappa shape index (κ3) is 5.58. The number of likely N-dealkylation sites (tertiary alicyclic amines) is 1. The van der Waals surface area contributed by atoms with Gasteiger partial charge in [0.05, 0.1) is 0 Å². The van der Waals surface area contributed by atoms with Crippen molar-refractivity contribution in [3.63, 3.8) is 0 Å². The van der Waals surface area contributed by atoms with Crippen LogP contribution in [0.4, 0.5) is 0 Å². The normalized spacial score (nSPS) is 33.9. The lowest BCUT2D eigenvalue weighted by Crippen LogP contribution is -2.37. The van der Waals surface area contributed by atoms with Crippen molar-refractivity contribution in [3.05, 3.63) is 0 Å². The average Bonchev–Trinajstić information content (AvgIpc) is 2.38. The third-order valence-corrected chi connectivity index (χ3v) is 6.12. The van der Waals surface area contributed by atoms with E-state index in [9.17, 15) is 0 Å². The van der Waals surface area contributed by atoms with Crippen LogP contribution in [-0.4, -0.2) is 24.5 Å². The molecule has 1 aliphatic carbocycles. The summed E-state index contributed by atoms with van der Waals surface area (Å²) in [4.78, 5) is 2.74. The van der Waals surface area contributed by atoms with Crippen LogP contribution < -0.4 is 0 Å². The molecule has 1 aliphatic heterocycles. The van der Waals surface area contributed by atoms with Crippen molar-refractivity contribution >= 4 is 0 Å². The minimum Gasteiger partial charge on any atom is -0.303 e. The van der Waals surface area contributed by atoms with Gasteiger partial charge in [0, 0.05) is 13.1 Å². The second kappa shape index (κ2) is 7.49. The van der Waals surface area contributed by atoms with Crippen LogP contribution >= 0.6 is 0 Å². The summed E-state index contributed by atoms with van der Waals surface area (Å²) in [5, 5.41) is 0. The van der Waals surface area contributed by atoms with Gasteiger partial charge in [-0.2, -0.15) is 0 Å². The van der Waals surface area contributed by atoms with E-state index in [1.807, 2.05) is 0 Å². The summed E-state index contributed by atoms with van der Waals surface area (Å²) in [6, 6.07) is 0. The van der Waals surface area contributed by atoms with Gasteiger partial charge in [0.25, 0.3) is 0 Å². The lowest BCUT2D eigenvalue weighted by Gasteiger charge is -2.38. The maximum absolute atomic E-state index is 2.74. The van der Waals surface area contributed by atoms with E-state index in [0.29, 0.717) is 5.41 Å². The molecule has 2 unspecified atom stereocenters. The average molecular weight is 294 g/mol. The van der Waals surface area contributed by atoms with Crippen LogP contribution in [0.2, 0.25) is 0 Å². The summed E-state index contributed by atoms with van der Waals surface area (Å²) < 4.78 is 0. The van der Waals surface area contributed by atoms with Crippen LogP contribution in [0.1, 0.15) is 79.6 Å². The first-order valence-corrected chi connectivity index (χ1v) is 9.57. The Morgan fingerprint density at radius 2 is 1.71 bits per heavy atom. The van der Waals surface area contributed by atoms with E-state index in [0.717, 1.165) is 23.7 Å². The van der Waals surface area contributed by atoms with Gasteiger partial charge in [-0.15, -0.1) is 0 Å². The van der Waals surface area contributed by atoms with Crippen LogP contribution in [0.25, 0.3) is 0 Å². The highest BCUT2D eigenvalue weighted by molar-refractivity contribution is 4.82. The summed E-state index contributed by atoms with van der Waals surface area (Å²) in [5.41, 5.74) is 0.528. The van der Waals surface area contributed by atoms with Gasteiger partial charge in [0.2, 0.25) is 0 Å². The van der Waals surface area contributed by atoms with E-state index in [1.54, 1.807) is 0 Å². The maximum Gasteiger partial charge on any atom is 0.000723 e. The SMILES string of the molecule is CC1CCCN(CC(C)C[C@H]2CC[C@H](C(C)(C)C)CC2)C1. The van der Waals surface area contributed by atoms with Crippen molar-refractivity contribution in [3.8, 4) is 0 Å². The molecule has 0 aromatic rings. The van der Waals surface area contributed by atoms with Crippen molar-refractivity contribution in [1.82, 2.24) is 4.90 Å². The van der Waals surface area contributed by atoms with Crippen molar-refractivity contribution in [1.29, 1.82) is 0 Å². The van der Waals surface area contributed by atoms with Gasteiger partial charge in [0.1, 0.15) is 0 Å². The standard InChI is InChI=1S/C20H39N/c1-16-7-6-12-21(14-16)15-17(2)13-18-8-10-19(11-9-18)20(3,4)5/h16-19H,6-15H2,1-5H3/t16?,17?,18-,19-. The van der Waals surface area contributed by atoms with Crippen molar-refractivity contribution in [2.75, 3.05) is 19.6 Å². The van der Waals surface area contributed by atoms with Gasteiger partial charge >= 0.3 is 0 Å². The summed E-state index contributed by atoms with van der Waals surface area (Å²) in [6.07, 6.45) is 10.3. The minimum atomic E-state index is 0.528. The molecule has 1 saturated heterocycles. The first-order chi connectivity index (χ1) is 9.84. The summed E-state index contributed by atoms with van der Waals surface area (Å²) >= 11 is 0. The summed E-state index contributed by atoms with van der Waals surface area (Å²) in [5.74, 6) is 3.80. The molecule has 0 aromatic heterocycles. The second-order valence-electron chi connectivity index (χ2n) is 9.43. The van der Waals surface area contributed by atoms with Gasteiger partial charge in [-0.1, -0.05) is 47.5 Å². The number of piperidine rings is 1. The lowest BCUT2D eigenvalue weighted by atomic mass is 9.68. The fourth-order valence-electron chi connectivity index (χ4n) is 4.80. The highest BCUT2D eigenvalue weighted by Crippen LogP contribution is 2.41. The zero-order chi connectivity index (χ0) is 15.5. The van der Waals surface area contributed by atoms with E-state index in [1.165, 1.54) is 64.6 Å². The summed E-state index contributed by atoms with van der Waals surface area (Å²) in [6.45, 7) is 16.3. The number of hydrogen-bond acceptors (Lipinski definition) is 1. The molecule has 21 heavy (non-hydrogen) atoms. The molecular weight excluding hydrogens is 254 g/mol. The zero-order valence-corrected chi connectivity index (χ0v) is 15.3. The summed E-state index contributed by atoms with van der Waals surface area (Å²) in [7, 11) is 0. The van der Waals surface area contributed by atoms with Gasteiger partial charge in [0.15, 0.2) is 0 Å². The second-order valence-corrected chi connectivity index (χ2v) is 9.43. The smallest absolute Gasteiger partial charge is 0.000723 e. The predicted octanol–water partition coefficient (Wildman–Crippen LogP) is 5.60. The monoisotopic (exact) mass is 293 g/mol. The molecule has 2 aliphatic rings. The Bertz CT molecular complexity index is 295. The molecule has 0 radical (unpaired) electrons. The van der Waals surface area contributed by atoms with Crippen LogP contribution in [0.5, 0.6) is 0 Å². The first kappa shape index (κ1) is 17.3. The number of rotatable bonds is 4. The van der Waals surface area contributed by atoms with E-state index < -0.39 is 0 Å². The molecule has 0 spiro atoms. The van der Waals surface area contributed by atoms with E-state index in [-0.39, 0.29) is 0 Å². The molecule has 2 atom stereocenters. The Hall–Kier alpha value is -0.0400. The predicted molar refractivity (Wildman–Crippen MR) is 93.5 cm³/mol. The quantitative estimate of drug-likeness (QED) is 0.652. The van der Waals surface area contributed by atoms with Crippen molar-refractivity contribution < 1.29 is 0 Å². The van der Waals surface area contributed by atoms with Gasteiger partial charge < -0.3 is 4.90 Å². The molecule has 2 rings (SSSR count). The largest absolute Gasteiger partial charge is 0.303 e. The Balaban J connectivity index is 1.68. The van der Waals surface area contributed by atoms with Crippen LogP contribution in [0, 0.1) is 29.1 Å². The first-order valence-electron chi connectivity index (χ1n) is 9.57. The molecular formula is C20H39N.